The summed E-state index contributed by atoms with van der Waals surface area (Å²) in [6.45, 7) is 6.92. The van der Waals surface area contributed by atoms with Gasteiger partial charge in [-0.15, -0.1) is 0 Å². The second-order valence-corrected chi connectivity index (χ2v) is 4.80. The fourth-order valence-corrected chi connectivity index (χ4v) is 2.45. The molecule has 0 amide bonds. The summed E-state index contributed by atoms with van der Waals surface area (Å²) < 4.78 is 0.786. The smallest absolute Gasteiger partial charge is 0.133 e. The third kappa shape index (κ3) is 3.92. The van der Waals surface area contributed by atoms with Gasteiger partial charge >= 0.3 is 0 Å². The highest BCUT2D eigenvalue weighted by atomic mass is 79.9. The van der Waals surface area contributed by atoms with Crippen molar-refractivity contribution in [2.45, 2.75) is 39.7 Å². The Kier molecular flexibility index (Phi) is 5.85. The minimum absolute atomic E-state index is 0.136. The highest BCUT2D eigenvalue weighted by Crippen LogP contribution is 2.21. The first kappa shape index (κ1) is 14.4. The number of rotatable bonds is 6. The van der Waals surface area contributed by atoms with Gasteiger partial charge in [0.05, 0.1) is 6.61 Å². The molecule has 0 bridgehead atoms. The molecule has 0 unspecified atom stereocenters. The Balaban J connectivity index is 3.03. The number of hydrogen-bond donors (Lipinski definition) is 1. The largest absolute Gasteiger partial charge is 0.395 e. The van der Waals surface area contributed by atoms with Gasteiger partial charge in [-0.1, -0.05) is 13.8 Å². The molecule has 1 heterocycles. The van der Waals surface area contributed by atoms with Gasteiger partial charge < -0.3 is 10.0 Å². The molecular weight excluding hydrogens is 282 g/mol. The van der Waals surface area contributed by atoms with E-state index >= 15 is 0 Å². The van der Waals surface area contributed by atoms with Gasteiger partial charge in [-0.2, -0.15) is 0 Å². The van der Waals surface area contributed by atoms with E-state index in [1.807, 2.05) is 13.0 Å². The molecule has 0 aliphatic heterocycles. The van der Waals surface area contributed by atoms with Crippen LogP contribution in [0.1, 0.15) is 32.5 Å². The molecule has 0 saturated carbocycles. The minimum Gasteiger partial charge on any atom is -0.395 e. The van der Waals surface area contributed by atoms with Crippen molar-refractivity contribution in [1.29, 1.82) is 0 Å². The van der Waals surface area contributed by atoms with Crippen molar-refractivity contribution in [3.63, 3.8) is 0 Å². The van der Waals surface area contributed by atoms with Gasteiger partial charge in [0.25, 0.3) is 0 Å². The Labute approximate surface area is 111 Å². The molecule has 0 saturated heterocycles. The van der Waals surface area contributed by atoms with E-state index in [9.17, 15) is 5.11 Å². The SMILES string of the molecule is CCC(CC)N(CCO)c1cc(Br)nc(C)n1. The van der Waals surface area contributed by atoms with Crippen molar-refractivity contribution in [1.82, 2.24) is 9.97 Å². The van der Waals surface area contributed by atoms with Crippen LogP contribution in [0.3, 0.4) is 0 Å². The van der Waals surface area contributed by atoms with E-state index in [2.05, 4.69) is 44.6 Å². The molecular formula is C12H20BrN3O. The van der Waals surface area contributed by atoms with Gasteiger partial charge in [-0.05, 0) is 35.7 Å². The fourth-order valence-electron chi connectivity index (χ4n) is 1.98. The maximum absolute atomic E-state index is 9.18. The van der Waals surface area contributed by atoms with E-state index in [1.54, 1.807) is 0 Å². The zero-order valence-corrected chi connectivity index (χ0v) is 12.2. The summed E-state index contributed by atoms with van der Waals surface area (Å²) in [5, 5.41) is 9.18. The van der Waals surface area contributed by atoms with Crippen molar-refractivity contribution in [2.24, 2.45) is 0 Å². The van der Waals surface area contributed by atoms with Gasteiger partial charge in [-0.25, -0.2) is 9.97 Å². The summed E-state index contributed by atoms with van der Waals surface area (Å²) in [6, 6.07) is 2.31. The zero-order chi connectivity index (χ0) is 12.8. The monoisotopic (exact) mass is 301 g/mol. The molecule has 0 aliphatic rings. The van der Waals surface area contributed by atoms with Crippen molar-refractivity contribution >= 4 is 21.7 Å². The summed E-state index contributed by atoms with van der Waals surface area (Å²) >= 11 is 3.39. The molecule has 17 heavy (non-hydrogen) atoms. The van der Waals surface area contributed by atoms with E-state index in [1.165, 1.54) is 0 Å². The lowest BCUT2D eigenvalue weighted by molar-refractivity contribution is 0.295. The number of aromatic nitrogens is 2. The second kappa shape index (κ2) is 6.91. The van der Waals surface area contributed by atoms with Crippen LogP contribution >= 0.6 is 15.9 Å². The third-order valence-corrected chi connectivity index (χ3v) is 3.22. The average Bonchev–Trinajstić information content (AvgIpc) is 2.28. The molecule has 0 aromatic carbocycles. The number of nitrogens with zero attached hydrogens (tertiary/aromatic N) is 3. The maximum Gasteiger partial charge on any atom is 0.133 e. The Bertz CT molecular complexity index is 335. The molecule has 4 nitrogen and oxygen atoms in total. The topological polar surface area (TPSA) is 49.2 Å². The first-order valence-corrected chi connectivity index (χ1v) is 6.80. The number of aryl methyl sites for hydroxylation is 1. The molecule has 0 atom stereocenters. The Hall–Kier alpha value is -0.680. The van der Waals surface area contributed by atoms with Crippen LogP contribution in [0.15, 0.2) is 10.7 Å². The molecule has 0 fully saturated rings. The van der Waals surface area contributed by atoms with Crippen LogP contribution in [0.4, 0.5) is 5.82 Å². The Morgan fingerprint density at radius 1 is 1.35 bits per heavy atom. The highest BCUT2D eigenvalue weighted by Gasteiger charge is 2.17. The van der Waals surface area contributed by atoms with Crippen LogP contribution in [0.5, 0.6) is 0 Å². The van der Waals surface area contributed by atoms with E-state index in [4.69, 9.17) is 0 Å². The van der Waals surface area contributed by atoms with Crippen LogP contribution in [0.2, 0.25) is 0 Å². The number of aliphatic hydroxyl groups excluding tert-OH is 1. The van der Waals surface area contributed by atoms with E-state index < -0.39 is 0 Å². The van der Waals surface area contributed by atoms with Crippen LogP contribution < -0.4 is 4.90 Å². The molecule has 5 heteroatoms. The first-order chi connectivity index (χ1) is 8.12. The predicted octanol–water partition coefficient (Wildman–Crippen LogP) is 2.53. The zero-order valence-electron chi connectivity index (χ0n) is 10.6. The van der Waals surface area contributed by atoms with E-state index in [0.717, 1.165) is 29.1 Å². The Morgan fingerprint density at radius 3 is 2.47 bits per heavy atom. The van der Waals surface area contributed by atoms with Crippen LogP contribution in [0.25, 0.3) is 0 Å². The predicted molar refractivity (Wildman–Crippen MR) is 73.3 cm³/mol. The number of anilines is 1. The second-order valence-electron chi connectivity index (χ2n) is 3.98. The molecule has 0 spiro atoms. The summed E-state index contributed by atoms with van der Waals surface area (Å²) in [6.07, 6.45) is 2.08. The van der Waals surface area contributed by atoms with Gasteiger partial charge in [0.1, 0.15) is 16.2 Å². The lowest BCUT2D eigenvalue weighted by Crippen LogP contribution is -2.37. The van der Waals surface area contributed by atoms with E-state index in [0.29, 0.717) is 12.6 Å². The van der Waals surface area contributed by atoms with Crippen molar-refractivity contribution in [3.8, 4) is 0 Å². The standard InChI is InChI=1S/C12H20BrN3O/c1-4-10(5-2)16(6-7-17)12-8-11(13)14-9(3)15-12/h8,10,17H,4-7H2,1-3H3. The van der Waals surface area contributed by atoms with Gasteiger partial charge in [-0.3, -0.25) is 0 Å². The van der Waals surface area contributed by atoms with Crippen LogP contribution in [-0.2, 0) is 0 Å². The van der Waals surface area contributed by atoms with Gasteiger partial charge in [0.15, 0.2) is 0 Å². The van der Waals surface area contributed by atoms with Crippen molar-refractivity contribution < 1.29 is 5.11 Å². The van der Waals surface area contributed by atoms with Crippen LogP contribution in [0, 0.1) is 6.92 Å². The lowest BCUT2D eigenvalue weighted by Gasteiger charge is -2.31. The molecule has 0 aliphatic carbocycles. The summed E-state index contributed by atoms with van der Waals surface area (Å²) in [5.41, 5.74) is 0. The third-order valence-electron chi connectivity index (χ3n) is 2.81. The minimum atomic E-state index is 0.136. The summed E-state index contributed by atoms with van der Waals surface area (Å²) in [5.74, 6) is 1.62. The van der Waals surface area contributed by atoms with Gasteiger partial charge in [0.2, 0.25) is 0 Å². The molecule has 1 aromatic rings. The van der Waals surface area contributed by atoms with Crippen molar-refractivity contribution in [3.05, 3.63) is 16.5 Å². The lowest BCUT2D eigenvalue weighted by atomic mass is 10.1. The normalized spacial score (nSPS) is 10.9. The molecule has 1 aromatic heterocycles. The maximum atomic E-state index is 9.18. The average molecular weight is 302 g/mol. The quantitative estimate of drug-likeness (QED) is 0.820. The highest BCUT2D eigenvalue weighted by molar-refractivity contribution is 9.10. The van der Waals surface area contributed by atoms with Crippen molar-refractivity contribution in [2.75, 3.05) is 18.1 Å². The molecule has 1 N–H and O–H groups in total. The first-order valence-electron chi connectivity index (χ1n) is 6.01. The van der Waals surface area contributed by atoms with Crippen LogP contribution in [-0.4, -0.2) is 34.3 Å². The molecule has 0 radical (unpaired) electrons. The van der Waals surface area contributed by atoms with Gasteiger partial charge in [0, 0.05) is 18.7 Å². The number of hydrogen-bond acceptors (Lipinski definition) is 4. The van der Waals surface area contributed by atoms with E-state index in [-0.39, 0.29) is 6.61 Å². The molecule has 1 rings (SSSR count). The number of aliphatic hydroxyl groups is 1. The number of halogens is 1. The summed E-state index contributed by atoms with van der Waals surface area (Å²) in [4.78, 5) is 10.8. The summed E-state index contributed by atoms with van der Waals surface area (Å²) in [7, 11) is 0. The Morgan fingerprint density at radius 2 is 2.00 bits per heavy atom. The fraction of sp³-hybridized carbons (Fsp3) is 0.667. The molecule has 96 valence electrons.